The van der Waals surface area contributed by atoms with Crippen molar-refractivity contribution in [2.24, 2.45) is 5.92 Å². The van der Waals surface area contributed by atoms with Crippen LogP contribution >= 0.6 is 0 Å². The van der Waals surface area contributed by atoms with Crippen LogP contribution in [0.3, 0.4) is 0 Å². The number of carbonyl (C=O) groups excluding carboxylic acids is 1. The average molecular weight is 299 g/mol. The molecule has 0 aromatic rings. The van der Waals surface area contributed by atoms with Crippen LogP contribution in [0.15, 0.2) is 0 Å². The summed E-state index contributed by atoms with van der Waals surface area (Å²) in [6.45, 7) is 10.5. The summed E-state index contributed by atoms with van der Waals surface area (Å²) in [5, 5.41) is 12.0. The summed E-state index contributed by atoms with van der Waals surface area (Å²) in [6.07, 6.45) is 2.09. The largest absolute Gasteiger partial charge is 0.480 e. The Labute approximate surface area is 127 Å². The maximum Gasteiger partial charge on any atom is 0.320 e. The lowest BCUT2D eigenvalue weighted by Crippen LogP contribution is -2.55. The van der Waals surface area contributed by atoms with Gasteiger partial charge >= 0.3 is 12.0 Å². The van der Waals surface area contributed by atoms with Gasteiger partial charge in [-0.15, -0.1) is 0 Å². The van der Waals surface area contributed by atoms with Crippen molar-refractivity contribution in [1.29, 1.82) is 0 Å². The Morgan fingerprint density at radius 3 is 2.10 bits per heavy atom. The van der Waals surface area contributed by atoms with E-state index < -0.39 is 12.0 Å². The van der Waals surface area contributed by atoms with Crippen molar-refractivity contribution in [1.82, 2.24) is 15.1 Å². The van der Waals surface area contributed by atoms with Crippen LogP contribution in [0.5, 0.6) is 0 Å². The summed E-state index contributed by atoms with van der Waals surface area (Å²) in [5.74, 6) is -0.166. The third-order valence-corrected chi connectivity index (χ3v) is 4.05. The second-order valence-electron chi connectivity index (χ2n) is 6.36. The Morgan fingerprint density at radius 2 is 1.62 bits per heavy atom. The minimum Gasteiger partial charge on any atom is -0.480 e. The van der Waals surface area contributed by atoms with Crippen LogP contribution < -0.4 is 5.32 Å². The molecule has 2 N–H and O–H groups in total. The topological polar surface area (TPSA) is 72.9 Å². The van der Waals surface area contributed by atoms with Crippen LogP contribution in [0.2, 0.25) is 0 Å². The molecule has 1 rings (SSSR count). The maximum atomic E-state index is 12.1. The Balaban J connectivity index is 2.33. The van der Waals surface area contributed by atoms with E-state index in [0.717, 1.165) is 12.8 Å². The van der Waals surface area contributed by atoms with Gasteiger partial charge in [0.1, 0.15) is 6.04 Å². The molecule has 21 heavy (non-hydrogen) atoms. The molecule has 0 saturated carbocycles. The molecule has 6 nitrogen and oxygen atoms in total. The number of urea groups is 1. The van der Waals surface area contributed by atoms with E-state index >= 15 is 0 Å². The third-order valence-electron chi connectivity index (χ3n) is 4.05. The quantitative estimate of drug-likeness (QED) is 0.781. The Hall–Kier alpha value is -1.30. The van der Waals surface area contributed by atoms with Gasteiger partial charge < -0.3 is 15.3 Å². The molecule has 0 aromatic carbocycles. The monoisotopic (exact) mass is 299 g/mol. The normalized spacial score (nSPS) is 19.4. The number of carboxylic acids is 1. The predicted octanol–water partition coefficient (Wildman–Crippen LogP) is 1.61. The number of hydrogen-bond donors (Lipinski definition) is 2. The number of hydrogen-bond acceptors (Lipinski definition) is 3. The van der Waals surface area contributed by atoms with Gasteiger partial charge in [0.05, 0.1) is 0 Å². The minimum absolute atomic E-state index is 0.0334. The third kappa shape index (κ3) is 5.91. The molecule has 1 aliphatic heterocycles. The average Bonchev–Trinajstić information content (AvgIpc) is 2.44. The number of rotatable bonds is 6. The highest BCUT2D eigenvalue weighted by Gasteiger charge is 2.27. The number of nitrogens with one attached hydrogen (secondary N) is 1. The molecule has 0 bridgehead atoms. The van der Waals surface area contributed by atoms with Crippen molar-refractivity contribution < 1.29 is 14.7 Å². The number of aliphatic carboxylic acids is 1. The zero-order valence-electron chi connectivity index (χ0n) is 13.6. The first-order chi connectivity index (χ1) is 9.81. The van der Waals surface area contributed by atoms with Gasteiger partial charge in [0.25, 0.3) is 0 Å². The van der Waals surface area contributed by atoms with Gasteiger partial charge in [0, 0.05) is 32.2 Å². The maximum absolute atomic E-state index is 12.1. The molecule has 0 aliphatic carbocycles. The van der Waals surface area contributed by atoms with Gasteiger partial charge in [-0.2, -0.15) is 0 Å². The van der Waals surface area contributed by atoms with Crippen LogP contribution in [-0.2, 0) is 4.79 Å². The fraction of sp³-hybridized carbons (Fsp3) is 0.867. The fourth-order valence-corrected chi connectivity index (χ4v) is 2.43. The highest BCUT2D eigenvalue weighted by Crippen LogP contribution is 2.09. The van der Waals surface area contributed by atoms with Gasteiger partial charge in [-0.3, -0.25) is 9.69 Å². The van der Waals surface area contributed by atoms with Crippen molar-refractivity contribution in [2.45, 2.75) is 52.6 Å². The lowest BCUT2D eigenvalue weighted by molar-refractivity contribution is -0.143. The Morgan fingerprint density at radius 1 is 1.05 bits per heavy atom. The molecule has 122 valence electrons. The first kappa shape index (κ1) is 17.8. The number of nitrogens with zero attached hydrogens (tertiary/aromatic N) is 2. The van der Waals surface area contributed by atoms with E-state index in [1.165, 1.54) is 0 Å². The zero-order valence-corrected chi connectivity index (χ0v) is 13.6. The second-order valence-corrected chi connectivity index (χ2v) is 6.36. The predicted molar refractivity (Wildman–Crippen MR) is 82.3 cm³/mol. The highest BCUT2D eigenvalue weighted by atomic mass is 16.4. The molecule has 2 unspecified atom stereocenters. The van der Waals surface area contributed by atoms with E-state index in [9.17, 15) is 9.59 Å². The summed E-state index contributed by atoms with van der Waals surface area (Å²) >= 11 is 0. The van der Waals surface area contributed by atoms with Crippen LogP contribution in [0.1, 0.15) is 40.5 Å². The van der Waals surface area contributed by atoms with Crippen LogP contribution in [-0.4, -0.2) is 65.2 Å². The molecule has 2 amide bonds. The second kappa shape index (κ2) is 8.22. The molecular weight excluding hydrogens is 270 g/mol. The van der Waals surface area contributed by atoms with Crippen LogP contribution in [0, 0.1) is 5.92 Å². The standard InChI is InChI=1S/C15H29N3O3/c1-11(2)5-6-12(3)16-15(21)18-9-7-17(8-10-18)13(4)14(19)20/h11-13H,5-10H2,1-4H3,(H,16,21)(H,19,20). The van der Waals surface area contributed by atoms with Gasteiger partial charge in [-0.05, 0) is 32.6 Å². The Bertz CT molecular complexity index is 352. The van der Waals surface area contributed by atoms with E-state index in [2.05, 4.69) is 19.2 Å². The molecule has 2 atom stereocenters. The number of piperazine rings is 1. The van der Waals surface area contributed by atoms with Gasteiger partial charge in [0.2, 0.25) is 0 Å². The molecule has 0 spiro atoms. The fourth-order valence-electron chi connectivity index (χ4n) is 2.43. The van der Waals surface area contributed by atoms with Crippen LogP contribution in [0.25, 0.3) is 0 Å². The molecule has 1 aliphatic rings. The lowest BCUT2D eigenvalue weighted by Gasteiger charge is -2.37. The van der Waals surface area contributed by atoms with Gasteiger partial charge in [-0.1, -0.05) is 13.8 Å². The SMILES string of the molecule is CC(C)CCC(C)NC(=O)N1CCN(C(C)C(=O)O)CC1. The number of carbonyl (C=O) groups is 2. The molecular formula is C15H29N3O3. The van der Waals surface area contributed by atoms with Crippen molar-refractivity contribution in [3.05, 3.63) is 0 Å². The summed E-state index contributed by atoms with van der Waals surface area (Å²) in [7, 11) is 0. The first-order valence-corrected chi connectivity index (χ1v) is 7.83. The van der Waals surface area contributed by atoms with E-state index in [-0.39, 0.29) is 12.1 Å². The van der Waals surface area contributed by atoms with Crippen molar-refractivity contribution >= 4 is 12.0 Å². The molecule has 1 fully saturated rings. The lowest BCUT2D eigenvalue weighted by atomic mass is 10.0. The Kier molecular flexibility index (Phi) is 6.95. The molecule has 0 radical (unpaired) electrons. The minimum atomic E-state index is -0.810. The zero-order chi connectivity index (χ0) is 16.0. The highest BCUT2D eigenvalue weighted by molar-refractivity contribution is 5.75. The van der Waals surface area contributed by atoms with Crippen molar-refractivity contribution in [3.8, 4) is 0 Å². The summed E-state index contributed by atoms with van der Waals surface area (Å²) < 4.78 is 0. The van der Waals surface area contributed by atoms with Crippen LogP contribution in [0.4, 0.5) is 4.79 Å². The molecule has 6 heteroatoms. The molecule has 1 heterocycles. The summed E-state index contributed by atoms with van der Waals surface area (Å²) in [5.41, 5.74) is 0. The number of amides is 2. The van der Waals surface area contributed by atoms with Crippen molar-refractivity contribution in [3.63, 3.8) is 0 Å². The summed E-state index contributed by atoms with van der Waals surface area (Å²) in [6, 6.07) is -0.343. The van der Waals surface area contributed by atoms with Gasteiger partial charge in [-0.25, -0.2) is 4.79 Å². The van der Waals surface area contributed by atoms with E-state index in [4.69, 9.17) is 5.11 Å². The molecule has 1 saturated heterocycles. The summed E-state index contributed by atoms with van der Waals surface area (Å²) in [4.78, 5) is 26.8. The van der Waals surface area contributed by atoms with E-state index in [1.54, 1.807) is 11.8 Å². The van der Waals surface area contributed by atoms with E-state index in [0.29, 0.717) is 32.1 Å². The van der Waals surface area contributed by atoms with E-state index in [1.807, 2.05) is 11.8 Å². The van der Waals surface area contributed by atoms with Gasteiger partial charge in [0.15, 0.2) is 0 Å². The molecule has 0 aromatic heterocycles. The first-order valence-electron chi connectivity index (χ1n) is 7.83. The smallest absolute Gasteiger partial charge is 0.320 e. The van der Waals surface area contributed by atoms with Crippen molar-refractivity contribution in [2.75, 3.05) is 26.2 Å². The number of carboxylic acid groups (broad SMARTS) is 1.